The molecule has 0 radical (unpaired) electrons. The minimum absolute atomic E-state index is 0.939. The smallest absolute Gasteiger partial charge is 0.0848 e. The Kier molecular flexibility index (Phi) is 1.85. The number of benzene rings is 1. The van der Waals surface area contributed by atoms with E-state index in [4.69, 9.17) is 0 Å². The highest BCUT2D eigenvalue weighted by Crippen LogP contribution is 2.24. The van der Waals surface area contributed by atoms with Gasteiger partial charge < -0.3 is 0 Å². The van der Waals surface area contributed by atoms with Gasteiger partial charge in [-0.05, 0) is 22.8 Å². The summed E-state index contributed by atoms with van der Waals surface area (Å²) < 4.78 is 0. The van der Waals surface area contributed by atoms with Crippen molar-refractivity contribution >= 4 is 11.9 Å². The summed E-state index contributed by atoms with van der Waals surface area (Å²) >= 11 is 0. The summed E-state index contributed by atoms with van der Waals surface area (Å²) in [6.07, 6.45) is 6.50. The van der Waals surface area contributed by atoms with Crippen molar-refractivity contribution in [2.24, 2.45) is 4.99 Å². The van der Waals surface area contributed by atoms with Crippen LogP contribution in [-0.4, -0.2) is 11.2 Å². The van der Waals surface area contributed by atoms with Gasteiger partial charge in [-0.3, -0.25) is 9.98 Å². The second kappa shape index (κ2) is 3.31. The Morgan fingerprint density at radius 3 is 2.93 bits per heavy atom. The van der Waals surface area contributed by atoms with Gasteiger partial charge in [0.15, 0.2) is 0 Å². The van der Waals surface area contributed by atoms with Crippen LogP contribution in [0, 0.1) is 0 Å². The van der Waals surface area contributed by atoms with Crippen LogP contribution in [0.15, 0.2) is 47.7 Å². The third-order valence-corrected chi connectivity index (χ3v) is 2.67. The molecule has 1 aliphatic rings. The number of fused-ring (bicyclic) bond motifs is 2. The van der Waals surface area contributed by atoms with Crippen molar-refractivity contribution < 1.29 is 0 Å². The van der Waals surface area contributed by atoms with Crippen LogP contribution in [0.4, 0.5) is 5.69 Å². The Bertz CT molecular complexity index is 482. The van der Waals surface area contributed by atoms with E-state index in [0.29, 0.717) is 0 Å². The SMILES string of the molecule is C1=Nc2cnccc2Cc2ccccc21. The molecule has 2 heterocycles. The van der Waals surface area contributed by atoms with Gasteiger partial charge >= 0.3 is 0 Å². The second-order valence-corrected chi connectivity index (χ2v) is 3.64. The van der Waals surface area contributed by atoms with Crippen LogP contribution >= 0.6 is 0 Å². The van der Waals surface area contributed by atoms with Crippen LogP contribution in [0.2, 0.25) is 0 Å². The summed E-state index contributed by atoms with van der Waals surface area (Å²) in [5.41, 5.74) is 4.75. The van der Waals surface area contributed by atoms with E-state index in [2.05, 4.69) is 28.2 Å². The van der Waals surface area contributed by atoms with Crippen LogP contribution in [0.3, 0.4) is 0 Å². The molecular formula is C13H10N2. The number of aliphatic imine (C=N–C) groups is 1. The summed E-state index contributed by atoms with van der Waals surface area (Å²) in [5.74, 6) is 0. The fourth-order valence-electron chi connectivity index (χ4n) is 1.85. The summed E-state index contributed by atoms with van der Waals surface area (Å²) in [5, 5.41) is 0. The number of rotatable bonds is 0. The molecule has 0 amide bonds. The monoisotopic (exact) mass is 194 g/mol. The Morgan fingerprint density at radius 1 is 1.00 bits per heavy atom. The molecule has 0 unspecified atom stereocenters. The lowest BCUT2D eigenvalue weighted by atomic mass is 10.0. The van der Waals surface area contributed by atoms with Gasteiger partial charge in [0, 0.05) is 18.8 Å². The predicted octanol–water partition coefficient (Wildman–Crippen LogP) is 2.74. The summed E-state index contributed by atoms with van der Waals surface area (Å²) in [7, 11) is 0. The number of nitrogens with zero attached hydrogens (tertiary/aromatic N) is 2. The Morgan fingerprint density at radius 2 is 1.93 bits per heavy atom. The fraction of sp³-hybridized carbons (Fsp3) is 0.0769. The highest BCUT2D eigenvalue weighted by Gasteiger charge is 2.08. The average molecular weight is 194 g/mol. The molecule has 0 N–H and O–H groups in total. The lowest BCUT2D eigenvalue weighted by Crippen LogP contribution is -1.91. The molecule has 0 fully saturated rings. The molecule has 1 aliphatic heterocycles. The molecule has 3 rings (SSSR count). The number of hydrogen-bond acceptors (Lipinski definition) is 2. The maximum absolute atomic E-state index is 4.44. The van der Waals surface area contributed by atoms with Crippen LogP contribution in [-0.2, 0) is 6.42 Å². The van der Waals surface area contributed by atoms with Crippen molar-refractivity contribution in [1.82, 2.24) is 4.98 Å². The van der Waals surface area contributed by atoms with E-state index in [0.717, 1.165) is 12.1 Å². The zero-order chi connectivity index (χ0) is 10.1. The fourth-order valence-corrected chi connectivity index (χ4v) is 1.85. The first kappa shape index (κ1) is 8.36. The van der Waals surface area contributed by atoms with Crippen molar-refractivity contribution in [3.05, 3.63) is 59.4 Å². The molecular weight excluding hydrogens is 184 g/mol. The average Bonchev–Trinajstić information content (AvgIpc) is 2.48. The predicted molar refractivity (Wildman–Crippen MR) is 60.7 cm³/mol. The first-order valence-corrected chi connectivity index (χ1v) is 4.98. The largest absolute Gasteiger partial charge is 0.262 e. The molecule has 1 aromatic carbocycles. The van der Waals surface area contributed by atoms with E-state index in [1.165, 1.54) is 16.7 Å². The van der Waals surface area contributed by atoms with Crippen LogP contribution in [0.5, 0.6) is 0 Å². The van der Waals surface area contributed by atoms with Crippen molar-refractivity contribution in [3.63, 3.8) is 0 Å². The highest BCUT2D eigenvalue weighted by molar-refractivity contribution is 5.85. The molecule has 0 bridgehead atoms. The van der Waals surface area contributed by atoms with E-state index in [-0.39, 0.29) is 0 Å². The molecule has 2 nitrogen and oxygen atoms in total. The summed E-state index contributed by atoms with van der Waals surface area (Å²) in [4.78, 5) is 8.53. The third-order valence-electron chi connectivity index (χ3n) is 2.67. The number of pyridine rings is 1. The van der Waals surface area contributed by atoms with E-state index in [9.17, 15) is 0 Å². The molecule has 2 aromatic rings. The lowest BCUT2D eigenvalue weighted by molar-refractivity contribution is 1.16. The molecule has 0 saturated carbocycles. The Balaban J connectivity index is 2.19. The van der Waals surface area contributed by atoms with Crippen molar-refractivity contribution in [2.75, 3.05) is 0 Å². The number of aromatic nitrogens is 1. The minimum Gasteiger partial charge on any atom is -0.262 e. The first-order valence-electron chi connectivity index (χ1n) is 4.98. The quantitative estimate of drug-likeness (QED) is 0.540. The van der Waals surface area contributed by atoms with Gasteiger partial charge in [0.25, 0.3) is 0 Å². The summed E-state index contributed by atoms with van der Waals surface area (Å²) in [6, 6.07) is 10.4. The topological polar surface area (TPSA) is 25.2 Å². The van der Waals surface area contributed by atoms with Gasteiger partial charge in [0.05, 0.1) is 11.9 Å². The third kappa shape index (κ3) is 1.44. The molecule has 2 heteroatoms. The number of hydrogen-bond donors (Lipinski definition) is 0. The molecule has 0 aliphatic carbocycles. The van der Waals surface area contributed by atoms with E-state index in [1.807, 2.05) is 30.7 Å². The zero-order valence-electron chi connectivity index (χ0n) is 8.22. The van der Waals surface area contributed by atoms with Crippen LogP contribution < -0.4 is 0 Å². The standard InChI is InChI=1S/C13H10N2/c1-2-4-12-8-15-13-9-14-6-5-11(13)7-10(12)3-1/h1-6,8-9H,7H2. The normalized spacial score (nSPS) is 12.8. The second-order valence-electron chi connectivity index (χ2n) is 3.64. The Labute approximate surface area is 88.3 Å². The Hall–Kier alpha value is -1.96. The van der Waals surface area contributed by atoms with Gasteiger partial charge in [-0.15, -0.1) is 0 Å². The maximum Gasteiger partial charge on any atom is 0.0848 e. The van der Waals surface area contributed by atoms with Crippen molar-refractivity contribution in [1.29, 1.82) is 0 Å². The van der Waals surface area contributed by atoms with Crippen LogP contribution in [0.1, 0.15) is 16.7 Å². The minimum atomic E-state index is 0.939. The van der Waals surface area contributed by atoms with Gasteiger partial charge in [-0.2, -0.15) is 0 Å². The van der Waals surface area contributed by atoms with Crippen molar-refractivity contribution in [2.45, 2.75) is 6.42 Å². The summed E-state index contributed by atoms with van der Waals surface area (Å²) in [6.45, 7) is 0. The molecule has 15 heavy (non-hydrogen) atoms. The van der Waals surface area contributed by atoms with Gasteiger partial charge in [0.2, 0.25) is 0 Å². The van der Waals surface area contributed by atoms with E-state index < -0.39 is 0 Å². The molecule has 0 spiro atoms. The molecule has 1 aromatic heterocycles. The lowest BCUT2D eigenvalue weighted by Gasteiger charge is -2.03. The van der Waals surface area contributed by atoms with E-state index >= 15 is 0 Å². The zero-order valence-corrected chi connectivity index (χ0v) is 8.22. The maximum atomic E-state index is 4.44. The first-order chi connectivity index (χ1) is 7.43. The van der Waals surface area contributed by atoms with Gasteiger partial charge in [-0.25, -0.2) is 0 Å². The van der Waals surface area contributed by atoms with Gasteiger partial charge in [0.1, 0.15) is 0 Å². The molecule has 0 atom stereocenters. The molecule has 72 valence electrons. The van der Waals surface area contributed by atoms with Crippen molar-refractivity contribution in [3.8, 4) is 0 Å². The highest BCUT2D eigenvalue weighted by atomic mass is 14.8. The van der Waals surface area contributed by atoms with Crippen LogP contribution in [0.25, 0.3) is 0 Å². The molecule has 0 saturated heterocycles. The van der Waals surface area contributed by atoms with Gasteiger partial charge in [-0.1, -0.05) is 24.3 Å². The van der Waals surface area contributed by atoms with E-state index in [1.54, 1.807) is 0 Å².